The molecule has 1 aromatic heterocycles. The van der Waals surface area contributed by atoms with E-state index in [0.717, 1.165) is 30.9 Å². The Balaban J connectivity index is 0.00000180. The smallest absolute Gasteiger partial charge is 0.270 e. The van der Waals surface area contributed by atoms with E-state index in [1.807, 2.05) is 6.92 Å². The van der Waals surface area contributed by atoms with E-state index >= 15 is 0 Å². The number of nitrogens with two attached hydrogens (primary N) is 1. The molecule has 1 fully saturated rings. The normalized spacial score (nSPS) is 22.0. The number of carbonyl (C=O) groups excluding carboxylic acids is 1. The van der Waals surface area contributed by atoms with Crippen molar-refractivity contribution in [2.24, 2.45) is 5.73 Å². The lowest BCUT2D eigenvalue weighted by Crippen LogP contribution is -2.40. The van der Waals surface area contributed by atoms with Crippen LogP contribution in [0.1, 0.15) is 35.3 Å². The van der Waals surface area contributed by atoms with Crippen molar-refractivity contribution in [1.82, 2.24) is 10.3 Å². The summed E-state index contributed by atoms with van der Waals surface area (Å²) in [5, 5.41) is 5.57. The Hall–Kier alpha value is -0.690. The van der Waals surface area contributed by atoms with Crippen LogP contribution in [0.3, 0.4) is 0 Å². The van der Waals surface area contributed by atoms with Crippen LogP contribution in [-0.4, -0.2) is 36.2 Å². The molecule has 1 aromatic rings. The standard InChI is InChI=1S/C12H19N3O2S.ClH/c1-12(4-2-6-17-12)8-14-11(16)9-7-18-10(15-9)3-5-13;/h7H,2-6,8,13H2,1H3,(H,14,16);1H. The third-order valence-electron chi connectivity index (χ3n) is 3.07. The molecular weight excluding hydrogens is 286 g/mol. The van der Waals surface area contributed by atoms with E-state index in [2.05, 4.69) is 10.3 Å². The summed E-state index contributed by atoms with van der Waals surface area (Å²) in [4.78, 5) is 16.2. The molecule has 1 unspecified atom stereocenters. The summed E-state index contributed by atoms with van der Waals surface area (Å²) in [6.07, 6.45) is 2.77. The fourth-order valence-electron chi connectivity index (χ4n) is 1.99. The molecule has 2 rings (SSSR count). The number of amides is 1. The zero-order valence-corrected chi connectivity index (χ0v) is 12.6. The molecule has 108 valence electrons. The zero-order chi connectivity index (χ0) is 13.0. The highest BCUT2D eigenvalue weighted by molar-refractivity contribution is 7.09. The van der Waals surface area contributed by atoms with Crippen LogP contribution in [0.4, 0.5) is 0 Å². The number of aromatic nitrogens is 1. The molecule has 1 amide bonds. The number of nitrogens with zero attached hydrogens (tertiary/aromatic N) is 1. The molecule has 5 nitrogen and oxygen atoms in total. The van der Waals surface area contributed by atoms with E-state index in [9.17, 15) is 4.79 Å². The second-order valence-corrected chi connectivity index (χ2v) is 5.69. The highest BCUT2D eigenvalue weighted by Crippen LogP contribution is 2.24. The van der Waals surface area contributed by atoms with Crippen molar-refractivity contribution in [2.75, 3.05) is 19.7 Å². The molecule has 0 aliphatic carbocycles. The lowest BCUT2D eigenvalue weighted by atomic mass is 10.0. The van der Waals surface area contributed by atoms with Crippen molar-refractivity contribution in [1.29, 1.82) is 0 Å². The fourth-order valence-corrected chi connectivity index (χ4v) is 2.78. The first-order valence-electron chi connectivity index (χ1n) is 6.20. The van der Waals surface area contributed by atoms with Crippen LogP contribution in [-0.2, 0) is 11.2 Å². The van der Waals surface area contributed by atoms with Gasteiger partial charge in [-0.2, -0.15) is 0 Å². The van der Waals surface area contributed by atoms with Gasteiger partial charge in [-0.1, -0.05) is 0 Å². The molecule has 19 heavy (non-hydrogen) atoms. The molecule has 0 bridgehead atoms. The maximum absolute atomic E-state index is 11.9. The second-order valence-electron chi connectivity index (χ2n) is 4.75. The van der Waals surface area contributed by atoms with E-state index in [-0.39, 0.29) is 23.9 Å². The van der Waals surface area contributed by atoms with Gasteiger partial charge in [0.1, 0.15) is 5.69 Å². The first kappa shape index (κ1) is 16.4. The molecule has 1 atom stereocenters. The number of rotatable bonds is 5. The van der Waals surface area contributed by atoms with Gasteiger partial charge in [0.15, 0.2) is 0 Å². The molecule has 0 aromatic carbocycles. The summed E-state index contributed by atoms with van der Waals surface area (Å²) in [5.41, 5.74) is 5.71. The fraction of sp³-hybridized carbons (Fsp3) is 0.667. The summed E-state index contributed by atoms with van der Waals surface area (Å²) < 4.78 is 5.62. The van der Waals surface area contributed by atoms with Crippen molar-refractivity contribution < 1.29 is 9.53 Å². The van der Waals surface area contributed by atoms with Gasteiger partial charge in [-0.15, -0.1) is 23.7 Å². The van der Waals surface area contributed by atoms with E-state index in [1.54, 1.807) is 5.38 Å². The van der Waals surface area contributed by atoms with Crippen molar-refractivity contribution in [3.05, 3.63) is 16.1 Å². The van der Waals surface area contributed by atoms with Crippen molar-refractivity contribution >= 4 is 29.7 Å². The number of hydrogen-bond acceptors (Lipinski definition) is 5. The van der Waals surface area contributed by atoms with Crippen LogP contribution in [0, 0.1) is 0 Å². The summed E-state index contributed by atoms with van der Waals surface area (Å²) in [6.45, 7) is 3.90. The van der Waals surface area contributed by atoms with Gasteiger partial charge >= 0.3 is 0 Å². The van der Waals surface area contributed by atoms with Crippen LogP contribution in [0.25, 0.3) is 0 Å². The first-order valence-corrected chi connectivity index (χ1v) is 7.07. The monoisotopic (exact) mass is 305 g/mol. The average Bonchev–Trinajstić information content (AvgIpc) is 2.97. The van der Waals surface area contributed by atoms with Gasteiger partial charge in [0, 0.05) is 25.0 Å². The Morgan fingerprint density at radius 2 is 2.47 bits per heavy atom. The molecular formula is C12H20ClN3O2S. The van der Waals surface area contributed by atoms with E-state index in [0.29, 0.717) is 18.8 Å². The van der Waals surface area contributed by atoms with Crippen molar-refractivity contribution in [3.8, 4) is 0 Å². The molecule has 0 radical (unpaired) electrons. The maximum Gasteiger partial charge on any atom is 0.270 e. The van der Waals surface area contributed by atoms with Crippen LogP contribution >= 0.6 is 23.7 Å². The van der Waals surface area contributed by atoms with Crippen molar-refractivity contribution in [2.45, 2.75) is 31.8 Å². The Labute approximate surface area is 123 Å². The first-order chi connectivity index (χ1) is 8.63. The number of halogens is 1. The third kappa shape index (κ3) is 4.42. The van der Waals surface area contributed by atoms with Gasteiger partial charge in [-0.05, 0) is 26.3 Å². The second kappa shape index (κ2) is 7.19. The number of ether oxygens (including phenoxy) is 1. The summed E-state index contributed by atoms with van der Waals surface area (Å²) >= 11 is 1.48. The Morgan fingerprint density at radius 3 is 3.11 bits per heavy atom. The van der Waals surface area contributed by atoms with Gasteiger partial charge in [0.25, 0.3) is 5.91 Å². The molecule has 1 aliphatic heterocycles. The number of hydrogen-bond donors (Lipinski definition) is 2. The van der Waals surface area contributed by atoms with Gasteiger partial charge in [-0.25, -0.2) is 4.98 Å². The molecule has 1 aliphatic rings. The Bertz CT molecular complexity index is 419. The SMILES string of the molecule is CC1(CNC(=O)c2csc(CCN)n2)CCCO1.Cl. The quantitative estimate of drug-likeness (QED) is 0.861. The lowest BCUT2D eigenvalue weighted by molar-refractivity contribution is 0.0205. The predicted molar refractivity (Wildman–Crippen MR) is 78.0 cm³/mol. The molecule has 1 saturated heterocycles. The third-order valence-corrected chi connectivity index (χ3v) is 3.97. The molecule has 0 spiro atoms. The number of carbonyl (C=O) groups is 1. The number of thiazole rings is 1. The Morgan fingerprint density at radius 1 is 1.68 bits per heavy atom. The van der Waals surface area contributed by atoms with Gasteiger partial charge < -0.3 is 15.8 Å². The molecule has 0 saturated carbocycles. The largest absolute Gasteiger partial charge is 0.373 e. The minimum absolute atomic E-state index is 0. The van der Waals surface area contributed by atoms with Crippen LogP contribution in [0.15, 0.2) is 5.38 Å². The minimum atomic E-state index is -0.216. The van der Waals surface area contributed by atoms with E-state index in [1.165, 1.54) is 11.3 Å². The van der Waals surface area contributed by atoms with Crippen LogP contribution < -0.4 is 11.1 Å². The summed E-state index contributed by atoms with van der Waals surface area (Å²) in [6, 6.07) is 0. The zero-order valence-electron chi connectivity index (χ0n) is 11.0. The van der Waals surface area contributed by atoms with Gasteiger partial charge in [0.2, 0.25) is 0 Å². The highest BCUT2D eigenvalue weighted by Gasteiger charge is 2.30. The predicted octanol–water partition coefficient (Wildman–Crippen LogP) is 1.37. The average molecular weight is 306 g/mol. The van der Waals surface area contributed by atoms with E-state index < -0.39 is 0 Å². The van der Waals surface area contributed by atoms with Crippen LogP contribution in [0.5, 0.6) is 0 Å². The topological polar surface area (TPSA) is 77.2 Å². The minimum Gasteiger partial charge on any atom is -0.373 e. The van der Waals surface area contributed by atoms with E-state index in [4.69, 9.17) is 10.5 Å². The van der Waals surface area contributed by atoms with Crippen molar-refractivity contribution in [3.63, 3.8) is 0 Å². The van der Waals surface area contributed by atoms with Gasteiger partial charge in [-0.3, -0.25) is 4.79 Å². The lowest BCUT2D eigenvalue weighted by Gasteiger charge is -2.22. The molecule has 7 heteroatoms. The summed E-state index contributed by atoms with van der Waals surface area (Å²) in [5.74, 6) is -0.133. The molecule has 3 N–H and O–H groups in total. The molecule has 2 heterocycles. The van der Waals surface area contributed by atoms with Crippen LogP contribution in [0.2, 0.25) is 0 Å². The Kier molecular flexibility index (Phi) is 6.19. The maximum atomic E-state index is 11.9. The number of nitrogens with one attached hydrogen (secondary N) is 1. The highest BCUT2D eigenvalue weighted by atomic mass is 35.5. The summed E-state index contributed by atoms with van der Waals surface area (Å²) in [7, 11) is 0. The van der Waals surface area contributed by atoms with Gasteiger partial charge in [0.05, 0.1) is 10.6 Å².